The van der Waals surface area contributed by atoms with Gasteiger partial charge in [0, 0.05) is 36.7 Å². The Labute approximate surface area is 119 Å². The van der Waals surface area contributed by atoms with E-state index in [9.17, 15) is 4.79 Å². The highest BCUT2D eigenvalue weighted by Crippen LogP contribution is 2.37. The third-order valence-electron chi connectivity index (χ3n) is 5.05. The molecule has 1 aliphatic heterocycles. The predicted molar refractivity (Wildman–Crippen MR) is 79.5 cm³/mol. The molecule has 2 heterocycles. The van der Waals surface area contributed by atoms with E-state index in [1.165, 1.54) is 30.2 Å². The zero-order valence-corrected chi connectivity index (χ0v) is 11.9. The van der Waals surface area contributed by atoms with Crippen molar-refractivity contribution in [3.63, 3.8) is 0 Å². The van der Waals surface area contributed by atoms with Crippen LogP contribution in [0.15, 0.2) is 30.5 Å². The molecule has 2 unspecified atom stereocenters. The summed E-state index contributed by atoms with van der Waals surface area (Å²) in [5.41, 5.74) is 2.37. The number of carbonyl (C=O) groups excluding carboxylic acids is 1. The molecule has 2 aliphatic rings. The van der Waals surface area contributed by atoms with E-state index in [2.05, 4.69) is 27.8 Å². The number of hydrogen-bond donors (Lipinski definition) is 0. The molecule has 1 amide bonds. The zero-order valence-electron chi connectivity index (χ0n) is 11.9. The third kappa shape index (κ3) is 1.76. The van der Waals surface area contributed by atoms with Gasteiger partial charge in [-0.3, -0.25) is 4.79 Å². The number of rotatable bonds is 2. The first kappa shape index (κ1) is 12.0. The van der Waals surface area contributed by atoms with Crippen LogP contribution >= 0.6 is 0 Å². The Morgan fingerprint density at radius 1 is 1.30 bits per heavy atom. The average molecular weight is 268 g/mol. The molecule has 0 N–H and O–H groups in total. The number of hydrogen-bond acceptors (Lipinski definition) is 1. The fraction of sp³-hybridized carbons (Fsp3) is 0.471. The van der Waals surface area contributed by atoms with Crippen molar-refractivity contribution in [3.8, 4) is 0 Å². The Hall–Kier alpha value is -1.77. The highest BCUT2D eigenvalue weighted by atomic mass is 16.2. The smallest absolute Gasteiger partial charge is 0.227 e. The molecule has 3 nitrogen and oxygen atoms in total. The van der Waals surface area contributed by atoms with Gasteiger partial charge in [-0.15, -0.1) is 0 Å². The number of piperidine rings is 1. The van der Waals surface area contributed by atoms with Gasteiger partial charge in [-0.1, -0.05) is 18.2 Å². The molecule has 4 rings (SSSR count). The van der Waals surface area contributed by atoms with Crippen LogP contribution in [-0.2, 0) is 18.3 Å². The largest absolute Gasteiger partial charge is 0.350 e. The van der Waals surface area contributed by atoms with E-state index < -0.39 is 0 Å². The lowest BCUT2D eigenvalue weighted by Crippen LogP contribution is -2.38. The summed E-state index contributed by atoms with van der Waals surface area (Å²) < 4.78 is 2.12. The van der Waals surface area contributed by atoms with Gasteiger partial charge in [0.25, 0.3) is 0 Å². The summed E-state index contributed by atoms with van der Waals surface area (Å²) in [6, 6.07) is 8.86. The summed E-state index contributed by atoms with van der Waals surface area (Å²) in [6.07, 6.45) is 6.43. The van der Waals surface area contributed by atoms with Crippen LogP contribution in [0.5, 0.6) is 0 Å². The van der Waals surface area contributed by atoms with Crippen LogP contribution in [0.2, 0.25) is 0 Å². The Morgan fingerprint density at radius 3 is 2.90 bits per heavy atom. The summed E-state index contributed by atoms with van der Waals surface area (Å²) in [7, 11) is 2.05. The summed E-state index contributed by atoms with van der Waals surface area (Å²) in [6.45, 7) is 0.994. The molecular formula is C17H20N2O. The molecule has 0 spiro atoms. The Balaban J connectivity index is 1.60. The van der Waals surface area contributed by atoms with Gasteiger partial charge in [0.05, 0.1) is 6.42 Å². The first-order chi connectivity index (χ1) is 9.72. The monoisotopic (exact) mass is 268 g/mol. The molecule has 1 saturated carbocycles. The Bertz CT molecular complexity index is 673. The Kier molecular flexibility index (Phi) is 2.62. The maximum atomic E-state index is 12.6. The van der Waals surface area contributed by atoms with Crippen molar-refractivity contribution in [2.75, 3.05) is 6.54 Å². The van der Waals surface area contributed by atoms with Crippen molar-refractivity contribution in [2.24, 2.45) is 13.0 Å². The van der Waals surface area contributed by atoms with Crippen molar-refractivity contribution in [1.29, 1.82) is 0 Å². The third-order valence-corrected chi connectivity index (χ3v) is 5.05. The minimum Gasteiger partial charge on any atom is -0.350 e. The number of nitrogens with zero attached hydrogens (tertiary/aromatic N) is 2. The summed E-state index contributed by atoms with van der Waals surface area (Å²) >= 11 is 0. The number of aryl methyl sites for hydroxylation is 1. The van der Waals surface area contributed by atoms with Crippen molar-refractivity contribution in [1.82, 2.24) is 9.47 Å². The fourth-order valence-electron chi connectivity index (χ4n) is 4.06. The molecule has 1 aromatic heterocycles. The van der Waals surface area contributed by atoms with Gasteiger partial charge in [-0.2, -0.15) is 0 Å². The molecule has 2 fully saturated rings. The molecule has 2 bridgehead atoms. The number of carbonyl (C=O) groups is 1. The average Bonchev–Trinajstić information content (AvgIpc) is 3.15. The zero-order chi connectivity index (χ0) is 13.7. The maximum absolute atomic E-state index is 12.6. The molecule has 3 heteroatoms. The summed E-state index contributed by atoms with van der Waals surface area (Å²) in [5, 5.41) is 1.22. The van der Waals surface area contributed by atoms with E-state index in [1.54, 1.807) is 0 Å². The van der Waals surface area contributed by atoms with Gasteiger partial charge in [0.1, 0.15) is 0 Å². The number of aromatic nitrogens is 1. The van der Waals surface area contributed by atoms with E-state index in [-0.39, 0.29) is 0 Å². The topological polar surface area (TPSA) is 25.2 Å². The molecule has 1 saturated heterocycles. The summed E-state index contributed by atoms with van der Waals surface area (Å²) in [5.74, 6) is 1.09. The van der Waals surface area contributed by atoms with Gasteiger partial charge >= 0.3 is 0 Å². The normalized spacial score (nSPS) is 24.8. The molecule has 1 aromatic carbocycles. The van der Waals surface area contributed by atoms with Crippen molar-refractivity contribution < 1.29 is 4.79 Å². The fourth-order valence-corrected chi connectivity index (χ4v) is 4.06. The lowest BCUT2D eigenvalue weighted by Gasteiger charge is -2.27. The van der Waals surface area contributed by atoms with Crippen LogP contribution in [-0.4, -0.2) is 28.0 Å². The van der Waals surface area contributed by atoms with E-state index >= 15 is 0 Å². The molecule has 1 aliphatic carbocycles. The van der Waals surface area contributed by atoms with E-state index in [4.69, 9.17) is 0 Å². The molecule has 2 aromatic rings. The van der Waals surface area contributed by atoms with Crippen LogP contribution in [0, 0.1) is 5.92 Å². The standard InChI is InChI=1S/C17H20N2O/c1-18-11-13(15-4-2-3-5-16(15)18)9-17(20)19-10-12-6-7-14(19)8-12/h2-5,11-12,14H,6-10H2,1H3. The highest BCUT2D eigenvalue weighted by Gasteiger charge is 2.40. The van der Waals surface area contributed by atoms with Crippen molar-refractivity contribution >= 4 is 16.8 Å². The van der Waals surface area contributed by atoms with Gasteiger partial charge in [0.15, 0.2) is 0 Å². The molecule has 20 heavy (non-hydrogen) atoms. The highest BCUT2D eigenvalue weighted by molar-refractivity contribution is 5.89. The number of benzene rings is 1. The van der Waals surface area contributed by atoms with Crippen LogP contribution < -0.4 is 0 Å². The Morgan fingerprint density at radius 2 is 2.15 bits per heavy atom. The number of para-hydroxylation sites is 1. The second-order valence-corrected chi connectivity index (χ2v) is 6.34. The van der Waals surface area contributed by atoms with Crippen LogP contribution in [0.25, 0.3) is 10.9 Å². The van der Waals surface area contributed by atoms with Gasteiger partial charge in [-0.25, -0.2) is 0 Å². The molecule has 104 valence electrons. The lowest BCUT2D eigenvalue weighted by molar-refractivity contribution is -0.132. The SMILES string of the molecule is Cn1cc(CC(=O)N2CC3CCC2C3)c2ccccc21. The first-order valence-electron chi connectivity index (χ1n) is 7.55. The lowest BCUT2D eigenvalue weighted by atomic mass is 10.1. The number of fused-ring (bicyclic) bond motifs is 3. The van der Waals surface area contributed by atoms with Gasteiger partial charge in [-0.05, 0) is 36.8 Å². The van der Waals surface area contributed by atoms with Crippen LogP contribution in [0.4, 0.5) is 0 Å². The first-order valence-corrected chi connectivity index (χ1v) is 7.55. The van der Waals surface area contributed by atoms with E-state index in [0.717, 1.165) is 18.0 Å². The minimum absolute atomic E-state index is 0.313. The van der Waals surface area contributed by atoms with Crippen molar-refractivity contribution in [2.45, 2.75) is 31.7 Å². The summed E-state index contributed by atoms with van der Waals surface area (Å²) in [4.78, 5) is 14.7. The molecule has 0 radical (unpaired) electrons. The minimum atomic E-state index is 0.313. The van der Waals surface area contributed by atoms with Crippen molar-refractivity contribution in [3.05, 3.63) is 36.0 Å². The predicted octanol–water partition coefficient (Wildman–Crippen LogP) is 2.73. The van der Waals surface area contributed by atoms with Gasteiger partial charge < -0.3 is 9.47 Å². The second kappa shape index (κ2) is 4.37. The van der Waals surface area contributed by atoms with Crippen LogP contribution in [0.3, 0.4) is 0 Å². The van der Waals surface area contributed by atoms with E-state index in [0.29, 0.717) is 18.4 Å². The van der Waals surface area contributed by atoms with Gasteiger partial charge in [0.2, 0.25) is 5.91 Å². The maximum Gasteiger partial charge on any atom is 0.227 e. The second-order valence-electron chi connectivity index (χ2n) is 6.34. The van der Waals surface area contributed by atoms with Crippen LogP contribution in [0.1, 0.15) is 24.8 Å². The quantitative estimate of drug-likeness (QED) is 0.822. The molecular weight excluding hydrogens is 248 g/mol. The molecule has 2 atom stereocenters. The number of likely N-dealkylation sites (tertiary alicyclic amines) is 1. The number of amides is 1. The van der Waals surface area contributed by atoms with E-state index in [1.807, 2.05) is 19.2 Å².